The molecule has 2 heterocycles. The maximum atomic E-state index is 12.9. The Morgan fingerprint density at radius 2 is 2.03 bits per heavy atom. The minimum atomic E-state index is -1.32. The Balaban J connectivity index is 1.57. The third-order valence-corrected chi connectivity index (χ3v) is 4.71. The summed E-state index contributed by atoms with van der Waals surface area (Å²) < 4.78 is 15.4. The van der Waals surface area contributed by atoms with Gasteiger partial charge in [-0.05, 0) is 38.0 Å². The fraction of sp³-hybridized carbons (Fsp3) is 0.474. The molecule has 1 aromatic carbocycles. The van der Waals surface area contributed by atoms with Crippen LogP contribution in [0.4, 0.5) is 4.79 Å². The molecule has 3 rings (SSSR count). The number of hydrogen-bond donors (Lipinski definition) is 2. The van der Waals surface area contributed by atoms with Crippen molar-refractivity contribution in [1.29, 1.82) is 0 Å². The molecule has 156 valence electrons. The fourth-order valence-electron chi connectivity index (χ4n) is 3.14. The van der Waals surface area contributed by atoms with Crippen molar-refractivity contribution in [3.8, 4) is 11.5 Å². The van der Waals surface area contributed by atoms with Gasteiger partial charge < -0.3 is 24.8 Å². The van der Waals surface area contributed by atoms with Crippen LogP contribution >= 0.6 is 0 Å². The van der Waals surface area contributed by atoms with Gasteiger partial charge in [-0.15, -0.1) is 0 Å². The average molecular weight is 405 g/mol. The Morgan fingerprint density at radius 3 is 2.79 bits per heavy atom. The van der Waals surface area contributed by atoms with Crippen molar-refractivity contribution in [2.45, 2.75) is 32.2 Å². The van der Waals surface area contributed by atoms with Gasteiger partial charge >= 0.3 is 12.0 Å². The highest BCUT2D eigenvalue weighted by molar-refractivity contribution is 6.09. The van der Waals surface area contributed by atoms with Crippen LogP contribution in [0.3, 0.4) is 0 Å². The molecule has 0 radical (unpaired) electrons. The first-order valence-corrected chi connectivity index (χ1v) is 9.31. The van der Waals surface area contributed by atoms with Crippen molar-refractivity contribution < 1.29 is 33.4 Å². The predicted molar refractivity (Wildman–Crippen MR) is 99.0 cm³/mol. The van der Waals surface area contributed by atoms with Crippen molar-refractivity contribution in [2.24, 2.45) is 0 Å². The Labute approximate surface area is 167 Å². The number of carbonyl (C=O) groups is 4. The maximum Gasteiger partial charge on any atom is 0.325 e. The summed E-state index contributed by atoms with van der Waals surface area (Å²) in [7, 11) is 0. The molecule has 0 spiro atoms. The van der Waals surface area contributed by atoms with E-state index in [0.717, 1.165) is 4.90 Å². The van der Waals surface area contributed by atoms with Gasteiger partial charge in [0.2, 0.25) is 12.7 Å². The average Bonchev–Trinajstić information content (AvgIpc) is 3.24. The van der Waals surface area contributed by atoms with Crippen LogP contribution in [0.5, 0.6) is 11.5 Å². The Bertz CT molecular complexity index is 841. The summed E-state index contributed by atoms with van der Waals surface area (Å²) >= 11 is 0. The molecule has 0 bridgehead atoms. The third kappa shape index (κ3) is 4.25. The molecule has 10 heteroatoms. The molecule has 0 aromatic heterocycles. The molecule has 4 amide bonds. The molecule has 29 heavy (non-hydrogen) atoms. The second-order valence-electron chi connectivity index (χ2n) is 6.77. The van der Waals surface area contributed by atoms with E-state index in [2.05, 4.69) is 10.6 Å². The lowest BCUT2D eigenvalue weighted by Crippen LogP contribution is -2.43. The van der Waals surface area contributed by atoms with Crippen LogP contribution in [-0.2, 0) is 24.7 Å². The second kappa shape index (κ2) is 8.38. The second-order valence-corrected chi connectivity index (χ2v) is 6.77. The maximum absolute atomic E-state index is 12.9. The molecule has 0 saturated carbocycles. The largest absolute Gasteiger partial charge is 0.466 e. The molecule has 1 aromatic rings. The van der Waals surface area contributed by atoms with E-state index in [0.29, 0.717) is 30.1 Å². The molecule has 1 unspecified atom stereocenters. The van der Waals surface area contributed by atoms with E-state index in [-0.39, 0.29) is 25.7 Å². The van der Waals surface area contributed by atoms with Gasteiger partial charge in [-0.25, -0.2) is 4.79 Å². The number of esters is 1. The molecule has 1 fully saturated rings. The highest BCUT2D eigenvalue weighted by Crippen LogP contribution is 2.37. The lowest BCUT2D eigenvalue weighted by atomic mass is 9.91. The zero-order valence-corrected chi connectivity index (χ0v) is 16.3. The van der Waals surface area contributed by atoms with Crippen LogP contribution in [0.25, 0.3) is 0 Å². The zero-order valence-electron chi connectivity index (χ0n) is 16.3. The number of urea groups is 1. The smallest absolute Gasteiger partial charge is 0.325 e. The van der Waals surface area contributed by atoms with Crippen molar-refractivity contribution in [3.63, 3.8) is 0 Å². The van der Waals surface area contributed by atoms with Crippen molar-refractivity contribution in [1.82, 2.24) is 15.5 Å². The highest BCUT2D eigenvalue weighted by Gasteiger charge is 2.49. The summed E-state index contributed by atoms with van der Waals surface area (Å²) in [6, 6.07) is 4.32. The van der Waals surface area contributed by atoms with E-state index < -0.39 is 29.9 Å². The standard InChI is InChI=1S/C19H23N3O7/c1-3-27-16(24)5-4-8-20-15(23)10-22-17(25)19(2,21-18(22)26)12-6-7-13-14(9-12)29-11-28-13/h6-7,9H,3-5,8,10-11H2,1-2H3,(H,20,23)(H,21,26). The summed E-state index contributed by atoms with van der Waals surface area (Å²) in [6.45, 7) is 3.51. The first-order valence-electron chi connectivity index (χ1n) is 9.31. The van der Waals surface area contributed by atoms with Gasteiger partial charge in [0.25, 0.3) is 5.91 Å². The van der Waals surface area contributed by atoms with Gasteiger partial charge in [0.05, 0.1) is 6.61 Å². The SMILES string of the molecule is CCOC(=O)CCCNC(=O)CN1C(=O)NC(C)(c2ccc3c(c2)OCO3)C1=O. The molecule has 2 aliphatic heterocycles. The Hall–Kier alpha value is -3.30. The summed E-state index contributed by atoms with van der Waals surface area (Å²) in [5, 5.41) is 5.23. The summed E-state index contributed by atoms with van der Waals surface area (Å²) in [4.78, 5) is 49.5. The zero-order chi connectivity index (χ0) is 21.0. The third-order valence-electron chi connectivity index (χ3n) is 4.71. The quantitative estimate of drug-likeness (QED) is 0.370. The Morgan fingerprint density at radius 1 is 1.28 bits per heavy atom. The summed E-state index contributed by atoms with van der Waals surface area (Å²) in [5.41, 5.74) is -0.792. The number of nitrogens with zero attached hydrogens (tertiary/aromatic N) is 1. The van der Waals surface area contributed by atoms with Crippen molar-refractivity contribution in [2.75, 3.05) is 26.5 Å². The van der Waals surface area contributed by atoms with Gasteiger partial charge in [0.1, 0.15) is 12.1 Å². The number of fused-ring (bicyclic) bond motifs is 1. The Kier molecular flexibility index (Phi) is 5.90. The van der Waals surface area contributed by atoms with Crippen LogP contribution in [0.15, 0.2) is 18.2 Å². The molecule has 0 aliphatic carbocycles. The van der Waals surface area contributed by atoms with Gasteiger partial charge in [0.15, 0.2) is 11.5 Å². The van der Waals surface area contributed by atoms with E-state index in [1.807, 2.05) is 0 Å². The van der Waals surface area contributed by atoms with Gasteiger partial charge in [-0.2, -0.15) is 0 Å². The van der Waals surface area contributed by atoms with Crippen LogP contribution in [0.1, 0.15) is 32.3 Å². The number of imide groups is 1. The van der Waals surface area contributed by atoms with Crippen LogP contribution in [0, 0.1) is 0 Å². The van der Waals surface area contributed by atoms with Crippen LogP contribution in [0.2, 0.25) is 0 Å². The normalized spacial score (nSPS) is 19.9. The monoisotopic (exact) mass is 405 g/mol. The first kappa shape index (κ1) is 20.4. The van der Waals surface area contributed by atoms with Gasteiger partial charge in [0, 0.05) is 13.0 Å². The number of ether oxygens (including phenoxy) is 3. The first-order chi connectivity index (χ1) is 13.8. The molecule has 1 atom stereocenters. The van der Waals surface area contributed by atoms with Crippen LogP contribution < -0.4 is 20.1 Å². The van der Waals surface area contributed by atoms with Gasteiger partial charge in [-0.1, -0.05) is 6.07 Å². The van der Waals surface area contributed by atoms with Crippen molar-refractivity contribution >= 4 is 23.8 Å². The number of rotatable bonds is 8. The topological polar surface area (TPSA) is 123 Å². The lowest BCUT2D eigenvalue weighted by molar-refractivity contribution is -0.143. The molecule has 2 N–H and O–H groups in total. The highest BCUT2D eigenvalue weighted by atomic mass is 16.7. The number of nitrogens with one attached hydrogen (secondary N) is 2. The van der Waals surface area contributed by atoms with E-state index in [1.165, 1.54) is 0 Å². The summed E-state index contributed by atoms with van der Waals surface area (Å²) in [6.07, 6.45) is 0.582. The summed E-state index contributed by atoms with van der Waals surface area (Å²) in [5.74, 6) is -0.317. The van der Waals surface area contributed by atoms with E-state index in [1.54, 1.807) is 32.0 Å². The fourth-order valence-corrected chi connectivity index (χ4v) is 3.14. The number of benzene rings is 1. The van der Waals surface area contributed by atoms with Gasteiger partial charge in [-0.3, -0.25) is 19.3 Å². The minimum Gasteiger partial charge on any atom is -0.466 e. The van der Waals surface area contributed by atoms with E-state index in [4.69, 9.17) is 14.2 Å². The lowest BCUT2D eigenvalue weighted by Gasteiger charge is -2.22. The minimum absolute atomic E-state index is 0.0955. The number of amides is 4. The van der Waals surface area contributed by atoms with Crippen LogP contribution in [-0.4, -0.2) is 55.2 Å². The number of carbonyl (C=O) groups excluding carboxylic acids is 4. The molecular formula is C19H23N3O7. The van der Waals surface area contributed by atoms with E-state index >= 15 is 0 Å². The number of hydrogen-bond acceptors (Lipinski definition) is 7. The molecule has 1 saturated heterocycles. The molecule has 10 nitrogen and oxygen atoms in total. The van der Waals surface area contributed by atoms with Crippen molar-refractivity contribution in [3.05, 3.63) is 23.8 Å². The molecular weight excluding hydrogens is 382 g/mol. The predicted octanol–water partition coefficient (Wildman–Crippen LogP) is 0.642. The van der Waals surface area contributed by atoms with E-state index in [9.17, 15) is 19.2 Å². The molecule has 2 aliphatic rings.